The number of amides is 2. The van der Waals surface area contributed by atoms with Crippen LogP contribution in [0.5, 0.6) is 0 Å². The molecule has 1 N–H and O–H groups in total. The van der Waals surface area contributed by atoms with Gasteiger partial charge in [-0.2, -0.15) is 0 Å². The van der Waals surface area contributed by atoms with Gasteiger partial charge in [0.15, 0.2) is 0 Å². The van der Waals surface area contributed by atoms with E-state index in [4.69, 9.17) is 0 Å². The molecule has 4 aliphatic rings. The van der Waals surface area contributed by atoms with Crippen LogP contribution >= 0.6 is 0 Å². The summed E-state index contributed by atoms with van der Waals surface area (Å²) in [7, 11) is 0. The molecule has 1 aromatic rings. The highest BCUT2D eigenvalue weighted by Gasteiger charge is 2.52. The second kappa shape index (κ2) is 4.74. The molecule has 2 bridgehead atoms. The van der Waals surface area contributed by atoms with Crippen LogP contribution in [0.3, 0.4) is 0 Å². The molecule has 2 aliphatic carbocycles. The minimum absolute atomic E-state index is 0.166. The van der Waals surface area contributed by atoms with Gasteiger partial charge in [-0.3, -0.25) is 0 Å². The van der Waals surface area contributed by atoms with Crippen molar-refractivity contribution >= 4 is 6.03 Å². The molecule has 3 fully saturated rings. The summed E-state index contributed by atoms with van der Waals surface area (Å²) in [5.74, 6) is 4.53. The third-order valence-electron chi connectivity index (χ3n) is 6.70. The second-order valence-electron chi connectivity index (χ2n) is 7.74. The normalized spacial score (nSPS) is 38.9. The zero-order valence-corrected chi connectivity index (χ0v) is 12.9. The van der Waals surface area contributed by atoms with Crippen molar-refractivity contribution in [2.75, 3.05) is 13.1 Å². The molecule has 5 atom stereocenters. The maximum atomic E-state index is 12.6. The average Bonchev–Trinajstić information content (AvgIpc) is 3.27. The molecule has 5 nitrogen and oxygen atoms in total. The van der Waals surface area contributed by atoms with Gasteiger partial charge in [-0.05, 0) is 49.4 Å². The minimum atomic E-state index is 0.166. The van der Waals surface area contributed by atoms with Gasteiger partial charge in [-0.15, -0.1) is 0 Å². The molecule has 5 heteroatoms. The number of likely N-dealkylation sites (tertiary alicyclic amines) is 1. The van der Waals surface area contributed by atoms with Crippen molar-refractivity contribution in [1.82, 2.24) is 19.8 Å². The van der Waals surface area contributed by atoms with Crippen molar-refractivity contribution in [1.29, 1.82) is 0 Å². The zero-order valence-electron chi connectivity index (χ0n) is 12.9. The molecule has 1 aromatic heterocycles. The van der Waals surface area contributed by atoms with E-state index < -0.39 is 0 Å². The first-order valence-corrected chi connectivity index (χ1v) is 8.83. The van der Waals surface area contributed by atoms with Crippen LogP contribution in [0.1, 0.15) is 31.5 Å². The molecule has 2 saturated carbocycles. The quantitative estimate of drug-likeness (QED) is 0.861. The summed E-state index contributed by atoms with van der Waals surface area (Å²) in [5, 5.41) is 3.26. The van der Waals surface area contributed by atoms with Crippen molar-refractivity contribution in [2.24, 2.45) is 23.7 Å². The first kappa shape index (κ1) is 13.0. The minimum Gasteiger partial charge on any atom is -0.335 e. The Labute approximate surface area is 131 Å². The van der Waals surface area contributed by atoms with E-state index in [1.165, 1.54) is 19.3 Å². The summed E-state index contributed by atoms with van der Waals surface area (Å²) in [6.07, 6.45) is 10.0. The Bertz CT molecular complexity index is 579. The number of carbonyl (C=O) groups is 1. The number of nitrogens with one attached hydrogen (secondary N) is 1. The molecule has 5 unspecified atom stereocenters. The predicted octanol–water partition coefficient (Wildman–Crippen LogP) is 1.89. The van der Waals surface area contributed by atoms with Crippen LogP contribution in [0.25, 0.3) is 0 Å². The highest BCUT2D eigenvalue weighted by Crippen LogP contribution is 2.55. The fourth-order valence-electron chi connectivity index (χ4n) is 5.59. The molecule has 5 rings (SSSR count). The van der Waals surface area contributed by atoms with Crippen LogP contribution in [0.15, 0.2) is 12.4 Å². The van der Waals surface area contributed by atoms with E-state index in [1.54, 1.807) is 0 Å². The smallest absolute Gasteiger partial charge is 0.317 e. The van der Waals surface area contributed by atoms with E-state index in [0.717, 1.165) is 62.0 Å². The Morgan fingerprint density at radius 2 is 1.95 bits per heavy atom. The molecule has 0 spiro atoms. The summed E-state index contributed by atoms with van der Waals surface area (Å²) in [5.41, 5.74) is 0. The van der Waals surface area contributed by atoms with Crippen molar-refractivity contribution in [2.45, 2.75) is 44.7 Å². The number of hydrogen-bond acceptors (Lipinski definition) is 2. The predicted molar refractivity (Wildman–Crippen MR) is 82.3 cm³/mol. The molecule has 118 valence electrons. The van der Waals surface area contributed by atoms with Crippen molar-refractivity contribution in [3.63, 3.8) is 0 Å². The number of rotatable bonds is 1. The first-order chi connectivity index (χ1) is 10.8. The number of imidazole rings is 1. The van der Waals surface area contributed by atoms with E-state index >= 15 is 0 Å². The molecular formula is C17H24N4O. The van der Waals surface area contributed by atoms with Crippen LogP contribution in [0.4, 0.5) is 4.79 Å². The van der Waals surface area contributed by atoms with Crippen LogP contribution in [-0.2, 0) is 13.0 Å². The molecule has 0 aromatic carbocycles. The van der Waals surface area contributed by atoms with E-state index in [9.17, 15) is 4.79 Å². The molecule has 3 heterocycles. The summed E-state index contributed by atoms with van der Waals surface area (Å²) in [6.45, 7) is 2.97. The highest BCUT2D eigenvalue weighted by molar-refractivity contribution is 5.75. The summed E-state index contributed by atoms with van der Waals surface area (Å²) < 4.78 is 2.20. The monoisotopic (exact) mass is 300 g/mol. The van der Waals surface area contributed by atoms with E-state index in [0.29, 0.717) is 0 Å². The first-order valence-electron chi connectivity index (χ1n) is 8.83. The van der Waals surface area contributed by atoms with Crippen molar-refractivity contribution in [3.05, 3.63) is 18.2 Å². The van der Waals surface area contributed by atoms with Gasteiger partial charge < -0.3 is 14.8 Å². The molecule has 22 heavy (non-hydrogen) atoms. The second-order valence-corrected chi connectivity index (χ2v) is 7.74. The van der Waals surface area contributed by atoms with Crippen molar-refractivity contribution in [3.8, 4) is 0 Å². The lowest BCUT2D eigenvalue weighted by atomic mass is 9.82. The van der Waals surface area contributed by atoms with Gasteiger partial charge in [0.05, 0.1) is 0 Å². The van der Waals surface area contributed by atoms with Gasteiger partial charge in [0.25, 0.3) is 0 Å². The third-order valence-corrected chi connectivity index (χ3v) is 6.70. The van der Waals surface area contributed by atoms with Crippen LogP contribution < -0.4 is 5.32 Å². The summed E-state index contributed by atoms with van der Waals surface area (Å²) >= 11 is 0. The van der Waals surface area contributed by atoms with Gasteiger partial charge in [-0.25, -0.2) is 9.78 Å². The topological polar surface area (TPSA) is 50.2 Å². The lowest BCUT2D eigenvalue weighted by Gasteiger charge is -2.27. The van der Waals surface area contributed by atoms with Gasteiger partial charge in [-0.1, -0.05) is 0 Å². The van der Waals surface area contributed by atoms with E-state index in [1.807, 2.05) is 12.4 Å². The molecule has 0 radical (unpaired) electrons. The lowest BCUT2D eigenvalue weighted by Crippen LogP contribution is -2.47. The number of hydrogen-bond donors (Lipinski definition) is 1. The SMILES string of the molecule is O=C(NC1CCn2ccnc2C1)N1CC2C3CCC(C3)C2C1. The maximum absolute atomic E-state index is 12.6. The number of nitrogens with zero attached hydrogens (tertiary/aromatic N) is 3. The molecular weight excluding hydrogens is 276 g/mol. The largest absolute Gasteiger partial charge is 0.335 e. The summed E-state index contributed by atoms with van der Waals surface area (Å²) in [4.78, 5) is 19.1. The fraction of sp³-hybridized carbons (Fsp3) is 0.765. The summed E-state index contributed by atoms with van der Waals surface area (Å²) in [6, 6.07) is 0.415. The number of fused-ring (bicyclic) bond motifs is 6. The highest BCUT2D eigenvalue weighted by atomic mass is 16.2. The number of aromatic nitrogens is 2. The Morgan fingerprint density at radius 3 is 2.73 bits per heavy atom. The Balaban J connectivity index is 1.22. The Hall–Kier alpha value is -1.52. The molecule has 1 saturated heterocycles. The number of aryl methyl sites for hydroxylation is 1. The van der Waals surface area contributed by atoms with Gasteiger partial charge in [0.1, 0.15) is 5.82 Å². The molecule has 2 aliphatic heterocycles. The standard InChI is InChI=1S/C17H24N4O/c22-17(19-13-3-5-20-6-4-18-16(20)8-13)21-9-14-11-1-2-12(7-11)15(14)10-21/h4,6,11-15H,1-3,5,7-10H2,(H,19,22). The van der Waals surface area contributed by atoms with Crippen molar-refractivity contribution < 1.29 is 4.79 Å². The van der Waals surface area contributed by atoms with Crippen LogP contribution in [-0.4, -0.2) is 39.6 Å². The maximum Gasteiger partial charge on any atom is 0.317 e. The van der Waals surface area contributed by atoms with E-state index in [2.05, 4.69) is 19.8 Å². The number of urea groups is 1. The lowest BCUT2D eigenvalue weighted by molar-refractivity contribution is 0.196. The fourth-order valence-corrected chi connectivity index (χ4v) is 5.59. The van der Waals surface area contributed by atoms with Gasteiger partial charge in [0.2, 0.25) is 0 Å². The average molecular weight is 300 g/mol. The van der Waals surface area contributed by atoms with Crippen LogP contribution in [0, 0.1) is 23.7 Å². The third kappa shape index (κ3) is 1.90. The number of carbonyl (C=O) groups excluding carboxylic acids is 1. The van der Waals surface area contributed by atoms with E-state index in [-0.39, 0.29) is 12.1 Å². The van der Waals surface area contributed by atoms with Gasteiger partial charge in [0, 0.05) is 44.5 Å². The molecule has 2 amide bonds. The Morgan fingerprint density at radius 1 is 1.18 bits per heavy atom. The zero-order chi connectivity index (χ0) is 14.7. The Kier molecular flexibility index (Phi) is 2.79. The van der Waals surface area contributed by atoms with Gasteiger partial charge >= 0.3 is 6.03 Å². The van der Waals surface area contributed by atoms with Crippen LogP contribution in [0.2, 0.25) is 0 Å².